The number of hydrogen-bond donors (Lipinski definition) is 2. The monoisotopic (exact) mass is 281 g/mol. The van der Waals surface area contributed by atoms with Crippen molar-refractivity contribution in [1.29, 1.82) is 0 Å². The first kappa shape index (κ1) is 11.8. The number of oxazole rings is 1. The fourth-order valence-electron chi connectivity index (χ4n) is 2.31. The average molecular weight is 281 g/mol. The molecule has 1 aromatic carbocycles. The fourth-order valence-corrected chi connectivity index (χ4v) is 2.31. The van der Waals surface area contributed by atoms with Crippen molar-refractivity contribution in [3.63, 3.8) is 0 Å². The van der Waals surface area contributed by atoms with Crippen molar-refractivity contribution in [3.8, 4) is 11.7 Å². The lowest BCUT2D eigenvalue weighted by Gasteiger charge is -2.11. The van der Waals surface area contributed by atoms with Crippen molar-refractivity contribution in [2.24, 2.45) is 5.10 Å². The van der Waals surface area contributed by atoms with Gasteiger partial charge >= 0.3 is 0 Å². The minimum Gasteiger partial charge on any atom is -0.442 e. The second-order valence-electron chi connectivity index (χ2n) is 4.75. The van der Waals surface area contributed by atoms with Crippen LogP contribution in [0.5, 0.6) is 0 Å². The maximum absolute atomic E-state index is 11.1. The summed E-state index contributed by atoms with van der Waals surface area (Å²) in [5.74, 6) is 0.992. The van der Waals surface area contributed by atoms with E-state index >= 15 is 0 Å². The third kappa shape index (κ3) is 2.08. The quantitative estimate of drug-likeness (QED) is 0.749. The van der Waals surface area contributed by atoms with Gasteiger partial charge in [0.1, 0.15) is 6.26 Å². The number of H-pyrrole nitrogens is 1. The largest absolute Gasteiger partial charge is 0.442 e. The highest BCUT2D eigenvalue weighted by atomic mass is 16.3. The molecule has 2 aromatic heterocycles. The molecule has 0 aliphatic carbocycles. The Hall–Kier alpha value is -2.96. The number of imidazole rings is 1. The highest BCUT2D eigenvalue weighted by Crippen LogP contribution is 2.21. The summed E-state index contributed by atoms with van der Waals surface area (Å²) in [5, 5.41) is 4.09. The van der Waals surface area contributed by atoms with Crippen molar-refractivity contribution in [1.82, 2.24) is 20.4 Å². The van der Waals surface area contributed by atoms with Gasteiger partial charge in [0.15, 0.2) is 5.82 Å². The zero-order valence-corrected chi connectivity index (χ0v) is 11.0. The lowest BCUT2D eigenvalue weighted by molar-refractivity contribution is -0.121. The first-order valence-electron chi connectivity index (χ1n) is 6.55. The minimum absolute atomic E-state index is 0.0502. The van der Waals surface area contributed by atoms with E-state index in [0.29, 0.717) is 24.6 Å². The van der Waals surface area contributed by atoms with Gasteiger partial charge in [-0.2, -0.15) is 5.10 Å². The maximum Gasteiger partial charge on any atom is 0.262 e. The molecule has 0 atom stereocenters. The summed E-state index contributed by atoms with van der Waals surface area (Å²) in [4.78, 5) is 22.8. The van der Waals surface area contributed by atoms with Crippen LogP contribution in [0.15, 0.2) is 40.2 Å². The Bertz CT molecular complexity index is 848. The molecule has 0 radical (unpaired) electrons. The molecule has 0 fully saturated rings. The summed E-state index contributed by atoms with van der Waals surface area (Å²) >= 11 is 0. The second kappa shape index (κ2) is 4.55. The molecule has 1 amide bonds. The van der Waals surface area contributed by atoms with E-state index in [4.69, 9.17) is 4.42 Å². The Morgan fingerprint density at radius 3 is 2.95 bits per heavy atom. The molecule has 1 aliphatic rings. The summed E-state index contributed by atoms with van der Waals surface area (Å²) in [7, 11) is 0. The van der Waals surface area contributed by atoms with Crippen LogP contribution in [0.3, 0.4) is 0 Å². The van der Waals surface area contributed by atoms with Crippen LogP contribution in [0, 0.1) is 0 Å². The number of nitrogens with zero attached hydrogens (tertiary/aromatic N) is 3. The van der Waals surface area contributed by atoms with Gasteiger partial charge in [0, 0.05) is 18.4 Å². The molecule has 0 unspecified atom stereocenters. The standard InChI is InChI=1S/C14H11N5O2/c20-12-4-3-9(18-19-12)8-1-2-10-11(7-8)17-13(16-10)14-15-5-6-21-14/h1-2,5-7H,3-4H2,(H,16,17)(H,19,20). The van der Waals surface area contributed by atoms with Crippen molar-refractivity contribution in [2.45, 2.75) is 12.8 Å². The second-order valence-corrected chi connectivity index (χ2v) is 4.75. The molecule has 0 saturated carbocycles. The molecular weight excluding hydrogens is 270 g/mol. The Balaban J connectivity index is 1.75. The number of rotatable bonds is 2. The first-order valence-corrected chi connectivity index (χ1v) is 6.55. The Morgan fingerprint density at radius 2 is 2.19 bits per heavy atom. The number of hydrogen-bond acceptors (Lipinski definition) is 5. The zero-order valence-electron chi connectivity index (χ0n) is 11.0. The highest BCUT2D eigenvalue weighted by Gasteiger charge is 2.15. The molecular formula is C14H11N5O2. The number of nitrogens with one attached hydrogen (secondary N) is 2. The van der Waals surface area contributed by atoms with Crippen molar-refractivity contribution < 1.29 is 9.21 Å². The molecule has 3 heterocycles. The fraction of sp³-hybridized carbons (Fsp3) is 0.143. The van der Waals surface area contributed by atoms with E-state index in [9.17, 15) is 4.79 Å². The van der Waals surface area contributed by atoms with Gasteiger partial charge < -0.3 is 9.40 Å². The number of aromatic nitrogens is 3. The van der Waals surface area contributed by atoms with E-state index < -0.39 is 0 Å². The summed E-state index contributed by atoms with van der Waals surface area (Å²) < 4.78 is 5.23. The number of amides is 1. The van der Waals surface area contributed by atoms with Gasteiger partial charge in [-0.25, -0.2) is 15.4 Å². The van der Waals surface area contributed by atoms with Crippen molar-refractivity contribution in [3.05, 3.63) is 36.2 Å². The Morgan fingerprint density at radius 1 is 1.24 bits per heavy atom. The van der Waals surface area contributed by atoms with Crippen LogP contribution in [0.1, 0.15) is 18.4 Å². The van der Waals surface area contributed by atoms with Crippen LogP contribution >= 0.6 is 0 Å². The van der Waals surface area contributed by atoms with Gasteiger partial charge in [-0.3, -0.25) is 4.79 Å². The van der Waals surface area contributed by atoms with E-state index in [-0.39, 0.29) is 5.91 Å². The molecule has 7 nitrogen and oxygen atoms in total. The number of fused-ring (bicyclic) bond motifs is 1. The predicted octanol–water partition coefficient (Wildman–Crippen LogP) is 1.83. The third-order valence-electron chi connectivity index (χ3n) is 3.36. The summed E-state index contributed by atoms with van der Waals surface area (Å²) in [6, 6.07) is 5.83. The lowest BCUT2D eigenvalue weighted by atomic mass is 10.0. The lowest BCUT2D eigenvalue weighted by Crippen LogP contribution is -2.25. The number of benzene rings is 1. The first-order chi connectivity index (χ1) is 10.3. The number of carbonyl (C=O) groups is 1. The summed E-state index contributed by atoms with van der Waals surface area (Å²) in [5.41, 5.74) is 6.01. The normalized spacial score (nSPS) is 15.0. The molecule has 4 rings (SSSR count). The van der Waals surface area contributed by atoms with Gasteiger partial charge in [0.2, 0.25) is 5.91 Å². The molecule has 0 saturated heterocycles. The molecule has 0 spiro atoms. The molecule has 2 N–H and O–H groups in total. The number of carbonyl (C=O) groups excluding carboxylic acids is 1. The van der Waals surface area contributed by atoms with E-state index in [2.05, 4.69) is 25.5 Å². The predicted molar refractivity (Wildman–Crippen MR) is 75.5 cm³/mol. The van der Waals surface area contributed by atoms with Gasteiger partial charge in [-0.05, 0) is 12.1 Å². The third-order valence-corrected chi connectivity index (χ3v) is 3.36. The van der Waals surface area contributed by atoms with Crippen LogP contribution in [0.2, 0.25) is 0 Å². The zero-order chi connectivity index (χ0) is 14.2. The van der Waals surface area contributed by atoms with Gasteiger partial charge in [0.25, 0.3) is 5.89 Å². The number of hydrazone groups is 1. The van der Waals surface area contributed by atoms with E-state index in [1.54, 1.807) is 6.20 Å². The van der Waals surface area contributed by atoms with Crippen LogP contribution in [-0.2, 0) is 4.79 Å². The van der Waals surface area contributed by atoms with Gasteiger partial charge in [-0.15, -0.1) is 0 Å². The van der Waals surface area contributed by atoms with Crippen LogP contribution in [0.25, 0.3) is 22.7 Å². The summed E-state index contributed by atoms with van der Waals surface area (Å²) in [6.07, 6.45) is 4.17. The minimum atomic E-state index is -0.0502. The van der Waals surface area contributed by atoms with E-state index in [1.807, 2.05) is 18.2 Å². The van der Waals surface area contributed by atoms with Crippen LogP contribution < -0.4 is 5.43 Å². The van der Waals surface area contributed by atoms with Crippen molar-refractivity contribution in [2.75, 3.05) is 0 Å². The number of aromatic amines is 1. The van der Waals surface area contributed by atoms with E-state index in [0.717, 1.165) is 22.3 Å². The Kier molecular flexibility index (Phi) is 2.56. The summed E-state index contributed by atoms with van der Waals surface area (Å²) in [6.45, 7) is 0. The molecule has 21 heavy (non-hydrogen) atoms. The molecule has 3 aromatic rings. The molecule has 7 heteroatoms. The van der Waals surface area contributed by atoms with Gasteiger partial charge in [0.05, 0.1) is 22.9 Å². The Labute approximate surface area is 119 Å². The molecule has 0 bridgehead atoms. The van der Waals surface area contributed by atoms with Crippen molar-refractivity contribution >= 4 is 22.7 Å². The van der Waals surface area contributed by atoms with E-state index in [1.165, 1.54) is 6.26 Å². The van der Waals surface area contributed by atoms with Crippen LogP contribution in [0.4, 0.5) is 0 Å². The smallest absolute Gasteiger partial charge is 0.262 e. The SMILES string of the molecule is O=C1CCC(c2ccc3[nH]c(-c4ncco4)nc3c2)=NN1. The van der Waals surface area contributed by atoms with Gasteiger partial charge in [-0.1, -0.05) is 6.07 Å². The maximum atomic E-state index is 11.1. The molecule has 1 aliphatic heterocycles. The topological polar surface area (TPSA) is 96.2 Å². The molecule has 104 valence electrons. The average Bonchev–Trinajstić information content (AvgIpc) is 3.16. The van der Waals surface area contributed by atoms with Crippen LogP contribution in [-0.4, -0.2) is 26.6 Å². The highest BCUT2D eigenvalue weighted by molar-refractivity contribution is 6.05.